The van der Waals surface area contributed by atoms with Crippen LogP contribution >= 0.6 is 0 Å². The molecule has 0 unspecified atom stereocenters. The van der Waals surface area contributed by atoms with Crippen LogP contribution < -0.4 is 5.32 Å². The van der Waals surface area contributed by atoms with Crippen molar-refractivity contribution in [2.24, 2.45) is 0 Å². The average Bonchev–Trinajstić information content (AvgIpc) is 3.35. The normalized spacial score (nSPS) is 17.9. The molecule has 43 heavy (non-hydrogen) atoms. The average molecular weight is 609 g/mol. The molecule has 0 bridgehead atoms. The van der Waals surface area contributed by atoms with Gasteiger partial charge in [-0.1, -0.05) is 60.7 Å². The number of benzene rings is 3. The number of carbonyl (C=O) groups is 2. The number of methoxy groups -OCH3 is 1. The first kappa shape index (κ1) is 32.3. The van der Waals surface area contributed by atoms with Gasteiger partial charge in [0.2, 0.25) is 0 Å². The number of hydrogen-bond donors (Lipinski definition) is 2. The Balaban J connectivity index is 1.56. The number of amides is 1. The van der Waals surface area contributed by atoms with E-state index in [4.69, 9.17) is 9.47 Å². The van der Waals surface area contributed by atoms with Crippen LogP contribution in [0.25, 0.3) is 11.1 Å². The molecule has 230 valence electrons. The van der Waals surface area contributed by atoms with Gasteiger partial charge in [-0.15, -0.1) is 0 Å². The van der Waals surface area contributed by atoms with Crippen molar-refractivity contribution in [3.05, 3.63) is 95.1 Å². The molecule has 3 aromatic rings. The smallest absolute Gasteiger partial charge is 0.326 e. The summed E-state index contributed by atoms with van der Waals surface area (Å²) in [6.07, 6.45) is 1.72. The SMILES string of the molecule is COC[C@H]1C[C@@H](OCc2ccccc2)CN1Cc1ccc(C(=O)N[C@@H](CCS(C)(=O)=O)C(=O)O)c(-c2ccccc2C)c1. The topological polar surface area (TPSA) is 122 Å². The fourth-order valence-electron chi connectivity index (χ4n) is 5.45. The van der Waals surface area contributed by atoms with Crippen LogP contribution in [-0.4, -0.2) is 80.8 Å². The number of hydrogen-bond acceptors (Lipinski definition) is 7. The maximum absolute atomic E-state index is 13.4. The Labute approximate surface area is 253 Å². The van der Waals surface area contributed by atoms with Crippen molar-refractivity contribution >= 4 is 21.7 Å². The number of carboxylic acids is 1. The summed E-state index contributed by atoms with van der Waals surface area (Å²) in [6.45, 7) is 4.43. The molecular formula is C33H40N2O7S. The molecule has 3 aromatic carbocycles. The van der Waals surface area contributed by atoms with Crippen molar-refractivity contribution in [1.82, 2.24) is 10.2 Å². The molecule has 1 aliphatic heterocycles. The number of likely N-dealkylation sites (tertiary alicyclic amines) is 1. The molecule has 2 N–H and O–H groups in total. The molecule has 0 radical (unpaired) electrons. The van der Waals surface area contributed by atoms with Crippen molar-refractivity contribution in [1.29, 1.82) is 0 Å². The van der Waals surface area contributed by atoms with Crippen LogP contribution in [0.3, 0.4) is 0 Å². The second kappa shape index (κ2) is 14.7. The van der Waals surface area contributed by atoms with E-state index >= 15 is 0 Å². The van der Waals surface area contributed by atoms with Gasteiger partial charge >= 0.3 is 5.97 Å². The van der Waals surface area contributed by atoms with E-state index in [0.717, 1.165) is 41.5 Å². The maximum Gasteiger partial charge on any atom is 0.326 e. The highest BCUT2D eigenvalue weighted by Gasteiger charge is 2.33. The Morgan fingerprint density at radius 1 is 1.02 bits per heavy atom. The summed E-state index contributed by atoms with van der Waals surface area (Å²) >= 11 is 0. The molecule has 4 rings (SSSR count). The predicted octanol–water partition coefficient (Wildman–Crippen LogP) is 4.09. The number of aliphatic carboxylic acids is 1. The Morgan fingerprint density at radius 3 is 2.42 bits per heavy atom. The molecule has 0 saturated carbocycles. The van der Waals surface area contributed by atoms with E-state index in [1.165, 1.54) is 0 Å². The van der Waals surface area contributed by atoms with Gasteiger partial charge < -0.3 is 19.9 Å². The van der Waals surface area contributed by atoms with Crippen LogP contribution in [0.1, 0.15) is 39.9 Å². The lowest BCUT2D eigenvalue weighted by Gasteiger charge is -2.24. The number of nitrogens with zero attached hydrogens (tertiary/aromatic N) is 1. The van der Waals surface area contributed by atoms with E-state index in [1.807, 2.05) is 61.5 Å². The van der Waals surface area contributed by atoms with E-state index in [9.17, 15) is 23.1 Å². The van der Waals surface area contributed by atoms with Crippen LogP contribution in [0.2, 0.25) is 0 Å². The van der Waals surface area contributed by atoms with E-state index in [0.29, 0.717) is 30.9 Å². The molecule has 1 fully saturated rings. The monoisotopic (exact) mass is 608 g/mol. The molecule has 1 saturated heterocycles. The number of nitrogens with one attached hydrogen (secondary N) is 1. The second-order valence-corrected chi connectivity index (χ2v) is 13.4. The van der Waals surface area contributed by atoms with Crippen LogP contribution in [0, 0.1) is 6.92 Å². The Kier molecular flexibility index (Phi) is 11.1. The Bertz CT molecular complexity index is 1510. The number of sulfone groups is 1. The lowest BCUT2D eigenvalue weighted by atomic mass is 9.93. The van der Waals surface area contributed by atoms with Crippen LogP contribution in [0.15, 0.2) is 72.8 Å². The minimum atomic E-state index is -3.40. The standard InChI is InChI=1S/C33H40N2O7S/c1-23-9-7-8-12-28(23)30-17-25(13-14-29(30)32(36)34-31(33(37)38)15-16-43(3,39)40)19-35-20-27(18-26(35)22-41-2)42-21-24-10-5-4-6-11-24/h4-14,17,26-27,31H,15-16,18-22H2,1-3H3,(H,34,36)(H,37,38)/t26-,27-,31+/m1/s1. The predicted molar refractivity (Wildman–Crippen MR) is 166 cm³/mol. The molecular weight excluding hydrogens is 568 g/mol. The molecule has 0 aliphatic carbocycles. The highest BCUT2D eigenvalue weighted by atomic mass is 32.2. The molecule has 1 aliphatic rings. The van der Waals surface area contributed by atoms with Crippen molar-refractivity contribution in [2.45, 2.75) is 51.1 Å². The summed E-state index contributed by atoms with van der Waals surface area (Å²) < 4.78 is 35.0. The summed E-state index contributed by atoms with van der Waals surface area (Å²) in [5.74, 6) is -2.20. The van der Waals surface area contributed by atoms with Gasteiger partial charge in [0.05, 0.1) is 25.1 Å². The molecule has 9 nitrogen and oxygen atoms in total. The third-order valence-corrected chi connectivity index (χ3v) is 8.68. The first-order chi connectivity index (χ1) is 20.5. The first-order valence-electron chi connectivity index (χ1n) is 14.3. The fraction of sp³-hybridized carbons (Fsp3) is 0.394. The lowest BCUT2D eigenvalue weighted by molar-refractivity contribution is -0.139. The van der Waals surface area contributed by atoms with E-state index in [-0.39, 0.29) is 24.3 Å². The molecule has 0 aromatic heterocycles. The molecule has 0 spiro atoms. The van der Waals surface area contributed by atoms with Crippen molar-refractivity contribution in [2.75, 3.05) is 32.3 Å². The van der Waals surface area contributed by atoms with Crippen LogP contribution in [0.4, 0.5) is 0 Å². The molecule has 10 heteroatoms. The van der Waals surface area contributed by atoms with Gasteiger partial charge in [0.1, 0.15) is 15.9 Å². The number of rotatable bonds is 14. The summed E-state index contributed by atoms with van der Waals surface area (Å²) in [6, 6.07) is 22.2. The molecule has 1 heterocycles. The Morgan fingerprint density at radius 2 is 1.74 bits per heavy atom. The summed E-state index contributed by atoms with van der Waals surface area (Å²) in [4.78, 5) is 27.6. The van der Waals surface area contributed by atoms with Gasteiger partial charge in [-0.05, 0) is 59.7 Å². The third kappa shape index (κ3) is 9.21. The molecule has 1 amide bonds. The van der Waals surface area contributed by atoms with Crippen LogP contribution in [0.5, 0.6) is 0 Å². The van der Waals surface area contributed by atoms with Gasteiger partial charge in [-0.3, -0.25) is 9.69 Å². The highest BCUT2D eigenvalue weighted by molar-refractivity contribution is 7.90. The van der Waals surface area contributed by atoms with Gasteiger partial charge in [0, 0.05) is 38.1 Å². The third-order valence-electron chi connectivity index (χ3n) is 7.71. The molecule has 3 atom stereocenters. The minimum absolute atomic E-state index is 0.0566. The summed E-state index contributed by atoms with van der Waals surface area (Å²) in [5.41, 5.74) is 4.95. The van der Waals surface area contributed by atoms with E-state index in [1.54, 1.807) is 13.2 Å². The van der Waals surface area contributed by atoms with Crippen molar-refractivity contribution < 1.29 is 32.6 Å². The Hall–Kier alpha value is -3.57. The summed E-state index contributed by atoms with van der Waals surface area (Å²) in [7, 11) is -1.70. The van der Waals surface area contributed by atoms with Crippen LogP contribution in [-0.2, 0) is 37.3 Å². The number of aryl methyl sites for hydroxylation is 1. The van der Waals surface area contributed by atoms with E-state index < -0.39 is 27.8 Å². The zero-order chi connectivity index (χ0) is 31.0. The zero-order valence-electron chi connectivity index (χ0n) is 24.9. The highest BCUT2D eigenvalue weighted by Crippen LogP contribution is 2.30. The van der Waals surface area contributed by atoms with Crippen molar-refractivity contribution in [3.8, 4) is 11.1 Å². The summed E-state index contributed by atoms with van der Waals surface area (Å²) in [5, 5.41) is 12.2. The van der Waals surface area contributed by atoms with Gasteiger partial charge in [0.15, 0.2) is 0 Å². The number of carbonyl (C=O) groups excluding carboxylic acids is 1. The largest absolute Gasteiger partial charge is 0.480 e. The van der Waals surface area contributed by atoms with Gasteiger partial charge in [0.25, 0.3) is 5.91 Å². The lowest BCUT2D eigenvalue weighted by Crippen LogP contribution is -2.42. The first-order valence-corrected chi connectivity index (χ1v) is 16.4. The quantitative estimate of drug-likeness (QED) is 0.281. The second-order valence-electron chi connectivity index (χ2n) is 11.2. The fourth-order valence-corrected chi connectivity index (χ4v) is 6.12. The van der Waals surface area contributed by atoms with E-state index in [2.05, 4.69) is 22.3 Å². The maximum atomic E-state index is 13.4. The number of carboxylic acid groups (broad SMARTS) is 1. The minimum Gasteiger partial charge on any atom is -0.480 e. The van der Waals surface area contributed by atoms with Gasteiger partial charge in [-0.2, -0.15) is 0 Å². The zero-order valence-corrected chi connectivity index (χ0v) is 25.7. The van der Waals surface area contributed by atoms with Crippen molar-refractivity contribution in [3.63, 3.8) is 0 Å². The van der Waals surface area contributed by atoms with Gasteiger partial charge in [-0.25, -0.2) is 13.2 Å². The number of ether oxygens (including phenoxy) is 2.